The number of rotatable bonds is 7. The molecule has 0 aliphatic carbocycles. The van der Waals surface area contributed by atoms with Gasteiger partial charge in [0, 0.05) is 19.8 Å². The third kappa shape index (κ3) is 4.04. The highest BCUT2D eigenvalue weighted by molar-refractivity contribution is 6.42. The second-order valence-corrected chi connectivity index (χ2v) is 6.43. The molecule has 0 spiro atoms. The zero-order valence-corrected chi connectivity index (χ0v) is 14.5. The van der Waals surface area contributed by atoms with E-state index in [0.29, 0.717) is 10.0 Å². The minimum Gasteiger partial charge on any atom is -0.381 e. The monoisotopic (exact) mass is 348 g/mol. The number of halogens is 3. The van der Waals surface area contributed by atoms with Crippen LogP contribution in [-0.4, -0.2) is 22.8 Å². The normalized spacial score (nSPS) is 13.0. The van der Waals surface area contributed by atoms with Crippen LogP contribution < -0.4 is 0 Å². The van der Waals surface area contributed by atoms with Crippen LogP contribution >= 0.6 is 34.8 Å². The molecule has 0 aliphatic heterocycles. The smallest absolute Gasteiger partial charge is 0.127 e. The number of alkyl halides is 1. The number of imidazole rings is 1. The Morgan fingerprint density at radius 1 is 1.24 bits per heavy atom. The van der Waals surface area contributed by atoms with E-state index in [1.54, 1.807) is 6.07 Å². The highest BCUT2D eigenvalue weighted by atomic mass is 35.5. The topological polar surface area (TPSA) is 27.1 Å². The Hall–Kier alpha value is -0.480. The first-order chi connectivity index (χ1) is 10.0. The molecule has 1 aromatic heterocycles. The molecule has 6 heteroatoms. The summed E-state index contributed by atoms with van der Waals surface area (Å²) < 4.78 is 7.62. The molecule has 21 heavy (non-hydrogen) atoms. The fraction of sp³-hybridized carbons (Fsp3) is 0.533. The Morgan fingerprint density at radius 3 is 2.62 bits per heavy atom. The number of aromatic nitrogens is 2. The van der Waals surface area contributed by atoms with E-state index in [0.717, 1.165) is 49.5 Å². The minimum absolute atomic E-state index is 0.175. The van der Waals surface area contributed by atoms with Gasteiger partial charge >= 0.3 is 0 Å². The Labute approximate surface area is 140 Å². The summed E-state index contributed by atoms with van der Waals surface area (Å²) in [5.74, 6) is 0.834. The van der Waals surface area contributed by atoms with E-state index in [4.69, 9.17) is 39.5 Å². The molecule has 0 radical (unpaired) electrons. The average Bonchev–Trinajstić information content (AvgIpc) is 2.77. The van der Waals surface area contributed by atoms with Crippen LogP contribution in [0, 0.1) is 0 Å². The lowest BCUT2D eigenvalue weighted by Crippen LogP contribution is -2.07. The summed E-state index contributed by atoms with van der Waals surface area (Å²) in [5, 5.41) is 0.863. The van der Waals surface area contributed by atoms with Gasteiger partial charge in [-0.1, -0.05) is 30.1 Å². The molecule has 0 N–H and O–H groups in total. The van der Waals surface area contributed by atoms with Crippen LogP contribution in [0.2, 0.25) is 10.0 Å². The van der Waals surface area contributed by atoms with Gasteiger partial charge in [0.1, 0.15) is 5.82 Å². The fourth-order valence-electron chi connectivity index (χ4n) is 2.25. The summed E-state index contributed by atoms with van der Waals surface area (Å²) in [6.07, 6.45) is 1.94. The average molecular weight is 350 g/mol. The van der Waals surface area contributed by atoms with Crippen molar-refractivity contribution >= 4 is 45.8 Å². The molecule has 3 nitrogen and oxygen atoms in total. The van der Waals surface area contributed by atoms with E-state index < -0.39 is 0 Å². The number of hydrogen-bond donors (Lipinski definition) is 0. The molecule has 0 amide bonds. The third-order valence-corrected chi connectivity index (χ3v) is 4.11. The molecule has 1 atom stereocenters. The van der Waals surface area contributed by atoms with Crippen LogP contribution in [0.4, 0.5) is 0 Å². The molecule has 0 fully saturated rings. The van der Waals surface area contributed by atoms with Crippen molar-refractivity contribution in [1.29, 1.82) is 0 Å². The van der Waals surface area contributed by atoms with E-state index in [-0.39, 0.29) is 5.38 Å². The van der Waals surface area contributed by atoms with Crippen LogP contribution in [0.3, 0.4) is 0 Å². The standard InChI is InChI=1S/C15H19Cl3N2O/c1-3-6-21-7-4-5-20-14-9-12(18)11(17)8-13(14)19-15(20)10(2)16/h8-10H,3-7H2,1-2H3. The maximum absolute atomic E-state index is 6.24. The van der Waals surface area contributed by atoms with E-state index in [2.05, 4.69) is 16.5 Å². The van der Waals surface area contributed by atoms with Crippen molar-refractivity contribution < 1.29 is 4.74 Å². The van der Waals surface area contributed by atoms with E-state index in [1.807, 2.05) is 13.0 Å². The number of aryl methyl sites for hydroxylation is 1. The van der Waals surface area contributed by atoms with Crippen molar-refractivity contribution in [2.24, 2.45) is 0 Å². The first-order valence-corrected chi connectivity index (χ1v) is 8.30. The van der Waals surface area contributed by atoms with Crippen molar-refractivity contribution in [2.45, 2.75) is 38.6 Å². The molecule has 0 bridgehead atoms. The van der Waals surface area contributed by atoms with Crippen LogP contribution in [0.15, 0.2) is 12.1 Å². The molecule has 1 unspecified atom stereocenters. The van der Waals surface area contributed by atoms with Gasteiger partial charge in [0.25, 0.3) is 0 Å². The molecule has 0 aliphatic rings. The number of benzene rings is 1. The van der Waals surface area contributed by atoms with E-state index in [1.165, 1.54) is 0 Å². The number of ether oxygens (including phenoxy) is 1. The van der Waals surface area contributed by atoms with Gasteiger partial charge in [-0.05, 0) is 31.9 Å². The van der Waals surface area contributed by atoms with Crippen molar-refractivity contribution in [1.82, 2.24) is 9.55 Å². The predicted octanol–water partition coefficient (Wildman–Crippen LogP) is 5.46. The molecule has 116 valence electrons. The first kappa shape index (κ1) is 16.9. The Balaban J connectivity index is 2.26. The maximum atomic E-state index is 6.24. The molecular formula is C15H19Cl3N2O. The number of fused-ring (bicyclic) bond motifs is 1. The maximum Gasteiger partial charge on any atom is 0.127 e. The summed E-state index contributed by atoms with van der Waals surface area (Å²) in [7, 11) is 0. The number of nitrogens with zero attached hydrogens (tertiary/aromatic N) is 2. The zero-order chi connectivity index (χ0) is 15.4. The van der Waals surface area contributed by atoms with Crippen molar-refractivity contribution in [3.05, 3.63) is 28.0 Å². The van der Waals surface area contributed by atoms with Gasteiger partial charge in [-0.25, -0.2) is 4.98 Å². The lowest BCUT2D eigenvalue weighted by atomic mass is 10.3. The SMILES string of the molecule is CCCOCCCn1c(C(C)Cl)nc2cc(Cl)c(Cl)cc21. The fourth-order valence-corrected chi connectivity index (χ4v) is 2.73. The van der Waals surface area contributed by atoms with E-state index in [9.17, 15) is 0 Å². The zero-order valence-electron chi connectivity index (χ0n) is 12.2. The van der Waals surface area contributed by atoms with Crippen molar-refractivity contribution in [3.8, 4) is 0 Å². The highest BCUT2D eigenvalue weighted by Crippen LogP contribution is 2.31. The predicted molar refractivity (Wildman–Crippen MR) is 89.7 cm³/mol. The third-order valence-electron chi connectivity index (χ3n) is 3.19. The van der Waals surface area contributed by atoms with Gasteiger partial charge in [0.15, 0.2) is 0 Å². The van der Waals surface area contributed by atoms with Gasteiger partial charge < -0.3 is 9.30 Å². The Morgan fingerprint density at radius 2 is 1.95 bits per heavy atom. The second kappa shape index (κ2) is 7.68. The molecule has 0 saturated carbocycles. The largest absolute Gasteiger partial charge is 0.381 e. The Kier molecular flexibility index (Phi) is 6.18. The quantitative estimate of drug-likeness (QED) is 0.490. The van der Waals surface area contributed by atoms with Crippen LogP contribution in [0.1, 0.15) is 37.9 Å². The summed E-state index contributed by atoms with van der Waals surface area (Å²) in [6.45, 7) is 6.33. The van der Waals surface area contributed by atoms with E-state index >= 15 is 0 Å². The van der Waals surface area contributed by atoms with Crippen LogP contribution in [0.5, 0.6) is 0 Å². The van der Waals surface area contributed by atoms with Gasteiger partial charge in [0.05, 0.1) is 26.5 Å². The minimum atomic E-state index is -0.175. The van der Waals surface area contributed by atoms with Crippen LogP contribution in [-0.2, 0) is 11.3 Å². The summed E-state index contributed by atoms with van der Waals surface area (Å²) >= 11 is 18.4. The summed E-state index contributed by atoms with van der Waals surface area (Å²) in [5.41, 5.74) is 1.78. The summed E-state index contributed by atoms with van der Waals surface area (Å²) in [4.78, 5) is 4.58. The molecule has 2 rings (SSSR count). The second-order valence-electron chi connectivity index (χ2n) is 4.96. The lowest BCUT2D eigenvalue weighted by Gasteiger charge is -2.11. The van der Waals surface area contributed by atoms with Gasteiger partial charge in [-0.15, -0.1) is 11.6 Å². The first-order valence-electron chi connectivity index (χ1n) is 7.11. The summed E-state index contributed by atoms with van der Waals surface area (Å²) in [6, 6.07) is 3.63. The van der Waals surface area contributed by atoms with Crippen molar-refractivity contribution in [2.75, 3.05) is 13.2 Å². The number of hydrogen-bond acceptors (Lipinski definition) is 2. The Bertz CT molecular complexity index is 610. The highest BCUT2D eigenvalue weighted by Gasteiger charge is 2.16. The van der Waals surface area contributed by atoms with Crippen molar-refractivity contribution in [3.63, 3.8) is 0 Å². The lowest BCUT2D eigenvalue weighted by molar-refractivity contribution is 0.129. The molecule has 1 heterocycles. The van der Waals surface area contributed by atoms with Gasteiger partial charge in [-0.3, -0.25) is 0 Å². The molecule has 0 saturated heterocycles. The van der Waals surface area contributed by atoms with Crippen LogP contribution in [0.25, 0.3) is 11.0 Å². The molecular weight excluding hydrogens is 331 g/mol. The van der Waals surface area contributed by atoms with Gasteiger partial charge in [-0.2, -0.15) is 0 Å². The molecule has 2 aromatic rings. The molecule has 1 aromatic carbocycles. The van der Waals surface area contributed by atoms with Gasteiger partial charge in [0.2, 0.25) is 0 Å².